The van der Waals surface area contributed by atoms with Crippen LogP contribution in [0.2, 0.25) is 0 Å². The molecule has 0 saturated heterocycles. The monoisotopic (exact) mass is 703 g/mol. The van der Waals surface area contributed by atoms with Crippen LogP contribution in [0.1, 0.15) is 88.2 Å². The Labute approximate surface area is 300 Å². The highest BCUT2D eigenvalue weighted by atomic mass is 16.6. The van der Waals surface area contributed by atoms with Gasteiger partial charge in [-0.25, -0.2) is 14.6 Å². The molecule has 5 heterocycles. The zero-order valence-electron chi connectivity index (χ0n) is 30.1. The van der Waals surface area contributed by atoms with Gasteiger partial charge in [0, 0.05) is 35.0 Å². The third kappa shape index (κ3) is 5.96. The molecule has 2 N–H and O–H groups in total. The number of hydrogen-bond acceptors (Lipinski definition) is 9. The number of pyridine rings is 2. The number of aliphatic imine (C=N–C) groups is 1. The molecule has 3 aliphatic rings. The number of allylic oxidation sites excluding steroid dienone is 1. The second kappa shape index (κ2) is 12.9. The van der Waals surface area contributed by atoms with Crippen LogP contribution in [0.5, 0.6) is 0 Å². The van der Waals surface area contributed by atoms with E-state index in [9.17, 15) is 24.3 Å². The Morgan fingerprint density at radius 3 is 2.54 bits per heavy atom. The quantitative estimate of drug-likeness (QED) is 0.163. The maximum Gasteiger partial charge on any atom is 0.338 e. The van der Waals surface area contributed by atoms with Crippen molar-refractivity contribution in [1.82, 2.24) is 19.8 Å². The first-order valence-electron chi connectivity index (χ1n) is 17.5. The summed E-state index contributed by atoms with van der Waals surface area (Å²) in [5, 5.41) is 15.3. The van der Waals surface area contributed by atoms with Crippen molar-refractivity contribution >= 4 is 40.8 Å². The van der Waals surface area contributed by atoms with Gasteiger partial charge in [-0.2, -0.15) is 0 Å². The second-order valence-corrected chi connectivity index (χ2v) is 14.4. The van der Waals surface area contributed by atoms with E-state index in [-0.39, 0.29) is 43.1 Å². The molecule has 12 nitrogen and oxygen atoms in total. The van der Waals surface area contributed by atoms with Gasteiger partial charge >= 0.3 is 18.0 Å². The number of hydrogen-bond donors (Lipinski definition) is 2. The van der Waals surface area contributed by atoms with Gasteiger partial charge < -0.3 is 24.5 Å². The fourth-order valence-electron chi connectivity index (χ4n) is 7.31. The van der Waals surface area contributed by atoms with E-state index in [1.807, 2.05) is 55.5 Å². The normalized spacial score (nSPS) is 20.0. The number of ether oxygens (including phenoxy) is 2. The van der Waals surface area contributed by atoms with Crippen molar-refractivity contribution in [2.45, 2.75) is 84.8 Å². The summed E-state index contributed by atoms with van der Waals surface area (Å²) in [7, 11) is 0. The third-order valence-electron chi connectivity index (χ3n) is 10.00. The lowest BCUT2D eigenvalue weighted by molar-refractivity contribution is -0.151. The molecular formula is C40H41N5O7. The van der Waals surface area contributed by atoms with Crippen LogP contribution in [0.3, 0.4) is 0 Å². The standard InChI is InChI=1S/C40H41N5O7/c1-7-40(50)18-32(46)51-21-28-29(40)17-31-35-27(20-45(31)36(28)47)26(25-11-9-10-12-30(25)42-35)19-41-24-15-13-23(14-16-24)34-33(37(48)52-39(4,5)6)22(3)44(8-2)38(49)43-34/h9-17,19,34,50H,7-8,18,20-21H2,1-6H3,(H,43,49). The number of benzene rings is 2. The average molecular weight is 704 g/mol. The van der Waals surface area contributed by atoms with Crippen LogP contribution in [-0.4, -0.2) is 55.9 Å². The zero-order valence-corrected chi connectivity index (χ0v) is 30.1. The van der Waals surface area contributed by atoms with Crippen LogP contribution in [0.15, 0.2) is 75.7 Å². The van der Waals surface area contributed by atoms with Gasteiger partial charge in [-0.1, -0.05) is 37.3 Å². The minimum atomic E-state index is -1.54. The molecule has 12 heteroatoms. The first-order valence-corrected chi connectivity index (χ1v) is 17.5. The zero-order chi connectivity index (χ0) is 37.1. The van der Waals surface area contributed by atoms with Crippen LogP contribution in [0, 0.1) is 0 Å². The fourth-order valence-corrected chi connectivity index (χ4v) is 7.31. The number of amides is 2. The Hall–Kier alpha value is -5.62. The lowest BCUT2D eigenvalue weighted by Gasteiger charge is -2.35. The molecule has 52 heavy (non-hydrogen) atoms. The van der Waals surface area contributed by atoms with E-state index in [0.29, 0.717) is 51.5 Å². The molecule has 0 fully saturated rings. The molecule has 0 radical (unpaired) electrons. The Bertz CT molecular complexity index is 2280. The number of rotatable bonds is 6. The van der Waals surface area contributed by atoms with Crippen LogP contribution in [0.25, 0.3) is 22.3 Å². The lowest BCUT2D eigenvalue weighted by atomic mass is 9.85. The van der Waals surface area contributed by atoms with Crippen LogP contribution in [0.4, 0.5) is 10.5 Å². The molecule has 2 unspecified atom stereocenters. The largest absolute Gasteiger partial charge is 0.460 e. The van der Waals surface area contributed by atoms with E-state index < -0.39 is 29.2 Å². The number of carbonyl (C=O) groups excluding carboxylic acids is 3. The third-order valence-corrected chi connectivity index (χ3v) is 10.00. The van der Waals surface area contributed by atoms with Crippen molar-refractivity contribution in [3.05, 3.63) is 104 Å². The van der Waals surface area contributed by atoms with Gasteiger partial charge in [0.2, 0.25) is 0 Å². The fraction of sp³-hybridized carbons (Fsp3) is 0.350. The van der Waals surface area contributed by atoms with E-state index in [2.05, 4.69) is 5.32 Å². The number of cyclic esters (lactones) is 1. The van der Waals surface area contributed by atoms with E-state index in [0.717, 1.165) is 16.5 Å². The van der Waals surface area contributed by atoms with Crippen molar-refractivity contribution < 1.29 is 29.0 Å². The first-order chi connectivity index (χ1) is 24.7. The van der Waals surface area contributed by atoms with E-state index in [1.54, 1.807) is 51.5 Å². The molecule has 2 aromatic heterocycles. The molecule has 0 aliphatic carbocycles. The second-order valence-electron chi connectivity index (χ2n) is 14.4. The summed E-state index contributed by atoms with van der Waals surface area (Å²) >= 11 is 0. The minimum absolute atomic E-state index is 0.207. The molecule has 3 aliphatic heterocycles. The van der Waals surface area contributed by atoms with Crippen molar-refractivity contribution in [1.29, 1.82) is 0 Å². The smallest absolute Gasteiger partial charge is 0.338 e. The summed E-state index contributed by atoms with van der Waals surface area (Å²) in [4.78, 5) is 64.0. The number of nitrogens with zero attached hydrogens (tertiary/aromatic N) is 4. The van der Waals surface area contributed by atoms with Crippen LogP contribution < -0.4 is 10.9 Å². The predicted octanol–water partition coefficient (Wildman–Crippen LogP) is 5.92. The van der Waals surface area contributed by atoms with Crippen molar-refractivity contribution in [2.75, 3.05) is 6.54 Å². The highest BCUT2D eigenvalue weighted by Crippen LogP contribution is 2.40. The van der Waals surface area contributed by atoms with Gasteiger partial charge in [-0.05, 0) is 76.4 Å². The summed E-state index contributed by atoms with van der Waals surface area (Å²) < 4.78 is 12.7. The summed E-state index contributed by atoms with van der Waals surface area (Å²) in [5.41, 5.74) is 3.80. The Kier molecular flexibility index (Phi) is 8.61. The number of esters is 2. The molecule has 268 valence electrons. The number of carbonyl (C=O) groups is 3. The predicted molar refractivity (Wildman–Crippen MR) is 195 cm³/mol. The average Bonchev–Trinajstić information content (AvgIpc) is 3.40. The molecule has 2 atom stereocenters. The van der Waals surface area contributed by atoms with Gasteiger partial charge in [0.15, 0.2) is 0 Å². The van der Waals surface area contributed by atoms with Gasteiger partial charge in [0.25, 0.3) is 5.56 Å². The highest BCUT2D eigenvalue weighted by molar-refractivity contribution is 6.03. The lowest BCUT2D eigenvalue weighted by Crippen LogP contribution is -2.48. The Morgan fingerprint density at radius 2 is 1.85 bits per heavy atom. The van der Waals surface area contributed by atoms with Gasteiger partial charge in [-0.15, -0.1) is 0 Å². The van der Waals surface area contributed by atoms with Gasteiger partial charge in [0.05, 0.1) is 52.7 Å². The van der Waals surface area contributed by atoms with Crippen molar-refractivity contribution in [3.8, 4) is 11.4 Å². The summed E-state index contributed by atoms with van der Waals surface area (Å²) in [5.74, 6) is -1.05. The van der Waals surface area contributed by atoms with Crippen molar-refractivity contribution in [2.24, 2.45) is 4.99 Å². The van der Waals surface area contributed by atoms with Crippen LogP contribution >= 0.6 is 0 Å². The Morgan fingerprint density at radius 1 is 1.12 bits per heavy atom. The number of aromatic nitrogens is 2. The van der Waals surface area contributed by atoms with Gasteiger partial charge in [-0.3, -0.25) is 19.5 Å². The molecule has 2 aromatic carbocycles. The number of urea groups is 1. The maximum absolute atomic E-state index is 13.9. The summed E-state index contributed by atoms with van der Waals surface area (Å²) in [6.45, 7) is 11.2. The molecule has 4 aromatic rings. The molecular weight excluding hydrogens is 662 g/mol. The van der Waals surface area contributed by atoms with Gasteiger partial charge in [0.1, 0.15) is 17.8 Å². The van der Waals surface area contributed by atoms with Crippen molar-refractivity contribution in [3.63, 3.8) is 0 Å². The summed E-state index contributed by atoms with van der Waals surface area (Å²) in [6.07, 6.45) is 1.76. The highest BCUT2D eigenvalue weighted by Gasteiger charge is 2.40. The van der Waals surface area contributed by atoms with Crippen LogP contribution in [-0.2, 0) is 37.8 Å². The van der Waals surface area contributed by atoms with E-state index in [4.69, 9.17) is 19.5 Å². The first kappa shape index (κ1) is 34.8. The topological polar surface area (TPSA) is 152 Å². The Balaban J connectivity index is 1.26. The summed E-state index contributed by atoms with van der Waals surface area (Å²) in [6, 6.07) is 15.7. The molecule has 2 amide bonds. The molecule has 0 bridgehead atoms. The van der Waals surface area contributed by atoms with E-state index >= 15 is 0 Å². The molecule has 0 spiro atoms. The number of fused-ring (bicyclic) bond motifs is 5. The minimum Gasteiger partial charge on any atom is -0.460 e. The van der Waals surface area contributed by atoms with E-state index in [1.165, 1.54) is 4.90 Å². The maximum atomic E-state index is 13.9. The number of nitrogens with one attached hydrogen (secondary N) is 1. The molecule has 7 rings (SSSR count). The number of aliphatic hydroxyl groups is 1. The SMILES string of the molecule is CCN1C(=O)NC(c2ccc(N=Cc3c4c(nc5ccccc35)-c3cc5c(c(=O)n3C4)COC(=O)CC5(O)CC)cc2)C(C(=O)OC(C)(C)C)=C1C. The molecule has 0 saturated carbocycles. The number of para-hydroxylation sites is 1.